The number of ether oxygens (including phenoxy) is 1. The summed E-state index contributed by atoms with van der Waals surface area (Å²) in [6.45, 7) is 2.86. The number of sulfonamides is 1. The molecule has 1 atom stereocenters. The summed E-state index contributed by atoms with van der Waals surface area (Å²) in [6, 6.07) is 11.3. The number of benzene rings is 2. The molecule has 1 aliphatic heterocycles. The fraction of sp³-hybridized carbons (Fsp3) is 0.364. The summed E-state index contributed by atoms with van der Waals surface area (Å²) in [4.78, 5) is 26.8. The van der Waals surface area contributed by atoms with Gasteiger partial charge in [0.1, 0.15) is 0 Å². The molecule has 2 aromatic carbocycles. The van der Waals surface area contributed by atoms with E-state index in [1.807, 2.05) is 19.1 Å². The Morgan fingerprint density at radius 3 is 2.59 bits per heavy atom. The van der Waals surface area contributed by atoms with Gasteiger partial charge in [-0.15, -0.1) is 0 Å². The number of hydrogen-bond donors (Lipinski definition) is 2. The molecule has 0 unspecified atom stereocenters. The third kappa shape index (κ3) is 5.86. The van der Waals surface area contributed by atoms with E-state index >= 15 is 0 Å². The lowest BCUT2D eigenvalue weighted by molar-refractivity contribution is -0.122. The molecule has 0 bridgehead atoms. The van der Waals surface area contributed by atoms with Gasteiger partial charge in [0, 0.05) is 49.6 Å². The van der Waals surface area contributed by atoms with Gasteiger partial charge in [-0.2, -0.15) is 0 Å². The van der Waals surface area contributed by atoms with Gasteiger partial charge in [0.15, 0.2) is 0 Å². The monoisotopic (exact) mass is 479 g/mol. The Kier molecular flexibility index (Phi) is 7.89. The predicted octanol–water partition coefficient (Wildman–Crippen LogP) is 2.95. The Morgan fingerprint density at radius 1 is 1.22 bits per heavy atom. The van der Waals surface area contributed by atoms with Crippen LogP contribution in [0.2, 0.25) is 5.02 Å². The standard InChI is InChI=1S/C22H26ClN3O5S/c1-15-4-7-18(13-20(15)23)26-14-16(12-21(26)27)22(28)25-17-5-8-19(9-6-17)32(29,30)24-10-3-11-31-2/h4-9,13,16,24H,3,10-12,14H2,1-2H3,(H,25,28)/t16-/m0/s1. The van der Waals surface area contributed by atoms with E-state index in [9.17, 15) is 18.0 Å². The molecule has 0 saturated carbocycles. The van der Waals surface area contributed by atoms with Crippen molar-refractivity contribution < 1.29 is 22.7 Å². The highest BCUT2D eigenvalue weighted by Gasteiger charge is 2.35. The zero-order valence-corrected chi connectivity index (χ0v) is 19.5. The Labute approximate surface area is 192 Å². The molecule has 1 heterocycles. The molecule has 0 aliphatic carbocycles. The zero-order valence-electron chi connectivity index (χ0n) is 17.9. The first-order chi connectivity index (χ1) is 15.2. The van der Waals surface area contributed by atoms with Crippen molar-refractivity contribution in [3.05, 3.63) is 53.1 Å². The van der Waals surface area contributed by atoms with E-state index in [1.165, 1.54) is 24.3 Å². The lowest BCUT2D eigenvalue weighted by atomic mass is 10.1. The van der Waals surface area contributed by atoms with E-state index in [0.29, 0.717) is 29.4 Å². The number of methoxy groups -OCH3 is 1. The predicted molar refractivity (Wildman–Crippen MR) is 123 cm³/mol. The fourth-order valence-corrected chi connectivity index (χ4v) is 4.60. The molecule has 2 N–H and O–H groups in total. The summed E-state index contributed by atoms with van der Waals surface area (Å²) in [7, 11) is -2.08. The van der Waals surface area contributed by atoms with Crippen LogP contribution in [-0.4, -0.2) is 47.0 Å². The van der Waals surface area contributed by atoms with Gasteiger partial charge in [-0.1, -0.05) is 17.7 Å². The van der Waals surface area contributed by atoms with Gasteiger partial charge in [0.25, 0.3) is 0 Å². The maximum Gasteiger partial charge on any atom is 0.240 e. The van der Waals surface area contributed by atoms with Gasteiger partial charge in [-0.3, -0.25) is 9.59 Å². The number of hydrogen-bond acceptors (Lipinski definition) is 5. The third-order valence-electron chi connectivity index (χ3n) is 5.21. The number of nitrogens with zero attached hydrogens (tertiary/aromatic N) is 1. The lowest BCUT2D eigenvalue weighted by Crippen LogP contribution is -2.28. The van der Waals surface area contributed by atoms with Crippen LogP contribution in [0.5, 0.6) is 0 Å². The van der Waals surface area contributed by atoms with Crippen LogP contribution in [0.15, 0.2) is 47.4 Å². The van der Waals surface area contributed by atoms with Crippen molar-refractivity contribution in [2.45, 2.75) is 24.7 Å². The summed E-state index contributed by atoms with van der Waals surface area (Å²) in [5, 5.41) is 3.32. The first-order valence-corrected chi connectivity index (χ1v) is 12.0. The Bertz CT molecular complexity index is 1090. The van der Waals surface area contributed by atoms with Crippen LogP contribution in [0, 0.1) is 12.8 Å². The zero-order chi connectivity index (χ0) is 23.3. The minimum Gasteiger partial charge on any atom is -0.385 e. The normalized spacial score (nSPS) is 16.4. The molecule has 8 nitrogen and oxygen atoms in total. The first kappa shape index (κ1) is 24.2. The summed E-state index contributed by atoms with van der Waals surface area (Å²) in [6.07, 6.45) is 0.658. The topological polar surface area (TPSA) is 105 Å². The van der Waals surface area contributed by atoms with Crippen LogP contribution in [0.3, 0.4) is 0 Å². The highest BCUT2D eigenvalue weighted by atomic mass is 35.5. The molecule has 0 aromatic heterocycles. The second kappa shape index (κ2) is 10.4. The smallest absolute Gasteiger partial charge is 0.240 e. The van der Waals surface area contributed by atoms with E-state index in [-0.39, 0.29) is 36.2 Å². The van der Waals surface area contributed by atoms with E-state index in [1.54, 1.807) is 18.1 Å². The number of carbonyl (C=O) groups excluding carboxylic acids is 2. The van der Waals surface area contributed by atoms with Gasteiger partial charge < -0.3 is 15.0 Å². The molecule has 3 rings (SSSR count). The Morgan fingerprint density at radius 2 is 1.94 bits per heavy atom. The third-order valence-corrected chi connectivity index (χ3v) is 7.10. The molecule has 0 radical (unpaired) electrons. The van der Waals surface area contributed by atoms with Crippen LogP contribution in [0.4, 0.5) is 11.4 Å². The average molecular weight is 480 g/mol. The van der Waals surface area contributed by atoms with Crippen LogP contribution in [-0.2, 0) is 24.3 Å². The van der Waals surface area contributed by atoms with E-state index < -0.39 is 15.9 Å². The van der Waals surface area contributed by atoms with Crippen molar-refractivity contribution in [2.75, 3.05) is 37.0 Å². The molecule has 1 fully saturated rings. The van der Waals surface area contributed by atoms with Crippen molar-refractivity contribution in [3.8, 4) is 0 Å². The maximum atomic E-state index is 12.7. The summed E-state index contributed by atoms with van der Waals surface area (Å²) < 4.78 is 32.0. The quantitative estimate of drug-likeness (QED) is 0.538. The molecule has 2 aromatic rings. The number of carbonyl (C=O) groups is 2. The molecule has 0 spiro atoms. The van der Waals surface area contributed by atoms with Crippen molar-refractivity contribution >= 4 is 44.8 Å². The van der Waals surface area contributed by atoms with Gasteiger partial charge in [0.2, 0.25) is 21.8 Å². The van der Waals surface area contributed by atoms with E-state index in [4.69, 9.17) is 16.3 Å². The van der Waals surface area contributed by atoms with Gasteiger partial charge >= 0.3 is 0 Å². The van der Waals surface area contributed by atoms with Crippen molar-refractivity contribution in [1.82, 2.24) is 4.72 Å². The van der Waals surface area contributed by atoms with Crippen LogP contribution >= 0.6 is 11.6 Å². The number of rotatable bonds is 9. The second-order valence-electron chi connectivity index (χ2n) is 7.60. The van der Waals surface area contributed by atoms with Crippen LogP contribution < -0.4 is 14.9 Å². The number of halogens is 1. The van der Waals surface area contributed by atoms with E-state index in [0.717, 1.165) is 5.56 Å². The molecule has 172 valence electrons. The van der Waals surface area contributed by atoms with Crippen molar-refractivity contribution in [2.24, 2.45) is 5.92 Å². The fourth-order valence-electron chi connectivity index (χ4n) is 3.35. The first-order valence-electron chi connectivity index (χ1n) is 10.2. The lowest BCUT2D eigenvalue weighted by Gasteiger charge is -2.17. The molecule has 1 aliphatic rings. The summed E-state index contributed by atoms with van der Waals surface area (Å²) >= 11 is 6.16. The van der Waals surface area contributed by atoms with Gasteiger partial charge in [-0.05, 0) is 55.3 Å². The Hall–Kier alpha value is -2.46. The molecule has 32 heavy (non-hydrogen) atoms. The molecular formula is C22H26ClN3O5S. The second-order valence-corrected chi connectivity index (χ2v) is 9.77. The van der Waals surface area contributed by atoms with Crippen molar-refractivity contribution in [3.63, 3.8) is 0 Å². The van der Waals surface area contributed by atoms with E-state index in [2.05, 4.69) is 10.0 Å². The van der Waals surface area contributed by atoms with Crippen molar-refractivity contribution in [1.29, 1.82) is 0 Å². The molecule has 10 heteroatoms. The van der Waals surface area contributed by atoms with Crippen LogP contribution in [0.25, 0.3) is 0 Å². The number of anilines is 2. The molecule has 1 saturated heterocycles. The average Bonchev–Trinajstić information content (AvgIpc) is 3.15. The van der Waals surface area contributed by atoms with Gasteiger partial charge in [-0.25, -0.2) is 13.1 Å². The highest BCUT2D eigenvalue weighted by Crippen LogP contribution is 2.29. The highest BCUT2D eigenvalue weighted by molar-refractivity contribution is 7.89. The molecular weight excluding hydrogens is 454 g/mol. The Balaban J connectivity index is 1.60. The number of nitrogens with one attached hydrogen (secondary N) is 2. The molecule has 2 amide bonds. The summed E-state index contributed by atoms with van der Waals surface area (Å²) in [5.74, 6) is -0.966. The van der Waals surface area contributed by atoms with Gasteiger partial charge in [0.05, 0.1) is 10.8 Å². The summed E-state index contributed by atoms with van der Waals surface area (Å²) in [5.41, 5.74) is 2.03. The SMILES string of the molecule is COCCCNS(=O)(=O)c1ccc(NC(=O)[C@H]2CC(=O)N(c3ccc(C)c(Cl)c3)C2)cc1. The number of amides is 2. The largest absolute Gasteiger partial charge is 0.385 e. The maximum absolute atomic E-state index is 12.7. The minimum atomic E-state index is -3.63. The van der Waals surface area contributed by atoms with Crippen LogP contribution in [0.1, 0.15) is 18.4 Å². The number of aryl methyl sites for hydroxylation is 1. The minimum absolute atomic E-state index is 0.0924.